The van der Waals surface area contributed by atoms with Crippen LogP contribution in [0.2, 0.25) is 0 Å². The molecule has 2 aliphatic heterocycles. The van der Waals surface area contributed by atoms with E-state index >= 15 is 0 Å². The van der Waals surface area contributed by atoms with Gasteiger partial charge in [-0.05, 0) is 62.9 Å². The molecule has 0 radical (unpaired) electrons. The Kier molecular flexibility index (Phi) is 3.88. The molecule has 2 heterocycles. The summed E-state index contributed by atoms with van der Waals surface area (Å²) in [5, 5.41) is 0. The van der Waals surface area contributed by atoms with E-state index in [9.17, 15) is 9.18 Å². The van der Waals surface area contributed by atoms with Gasteiger partial charge in [-0.1, -0.05) is 18.6 Å². The van der Waals surface area contributed by atoms with Gasteiger partial charge in [0, 0.05) is 19.1 Å². The van der Waals surface area contributed by atoms with Gasteiger partial charge in [0.2, 0.25) is 5.91 Å². The number of rotatable bonds is 3. The minimum absolute atomic E-state index is 0.232. The highest BCUT2D eigenvalue weighted by Gasteiger charge is 2.49. The Labute approximate surface area is 137 Å². The first kappa shape index (κ1) is 15.1. The molecule has 1 amide bonds. The van der Waals surface area contributed by atoms with Crippen molar-refractivity contribution in [2.75, 3.05) is 26.2 Å². The molecule has 2 saturated heterocycles. The summed E-state index contributed by atoms with van der Waals surface area (Å²) in [6.07, 6.45) is 6.45. The van der Waals surface area contributed by atoms with Gasteiger partial charge < -0.3 is 4.90 Å². The van der Waals surface area contributed by atoms with Crippen LogP contribution in [0.3, 0.4) is 0 Å². The van der Waals surface area contributed by atoms with E-state index in [0.29, 0.717) is 6.04 Å². The normalized spacial score (nSPS) is 27.2. The summed E-state index contributed by atoms with van der Waals surface area (Å²) < 4.78 is 13.6. The molecule has 1 unspecified atom stereocenters. The Morgan fingerprint density at radius 2 is 1.91 bits per heavy atom. The van der Waals surface area contributed by atoms with E-state index in [1.807, 2.05) is 11.0 Å². The molecule has 124 valence electrons. The van der Waals surface area contributed by atoms with Gasteiger partial charge in [-0.3, -0.25) is 9.69 Å². The van der Waals surface area contributed by atoms with E-state index in [1.165, 1.54) is 32.0 Å². The summed E-state index contributed by atoms with van der Waals surface area (Å²) in [6, 6.07) is 7.21. The van der Waals surface area contributed by atoms with Crippen LogP contribution in [-0.2, 0) is 10.2 Å². The summed E-state index contributed by atoms with van der Waals surface area (Å²) in [6.45, 7) is 4.08. The zero-order valence-corrected chi connectivity index (χ0v) is 13.6. The number of halogens is 1. The molecule has 1 aromatic carbocycles. The standard InChI is InChI=1S/C19H25FN2O/c20-16-6-3-5-15(13-16)19(8-4-9-19)18(23)22-12-7-17(14-22)21-10-1-2-11-21/h3,5-6,13,17H,1-2,4,7-12,14H2. The van der Waals surface area contributed by atoms with Crippen LogP contribution in [-0.4, -0.2) is 47.9 Å². The summed E-state index contributed by atoms with van der Waals surface area (Å²) in [4.78, 5) is 17.8. The lowest BCUT2D eigenvalue weighted by molar-refractivity contribution is -0.140. The summed E-state index contributed by atoms with van der Waals surface area (Å²) in [7, 11) is 0. The fraction of sp³-hybridized carbons (Fsp3) is 0.632. The highest BCUT2D eigenvalue weighted by molar-refractivity contribution is 5.89. The van der Waals surface area contributed by atoms with Crippen molar-refractivity contribution < 1.29 is 9.18 Å². The number of carbonyl (C=O) groups excluding carboxylic acids is 1. The lowest BCUT2D eigenvalue weighted by atomic mass is 9.63. The van der Waals surface area contributed by atoms with Crippen LogP contribution in [0.25, 0.3) is 0 Å². The molecule has 1 aromatic rings. The number of benzene rings is 1. The Balaban J connectivity index is 1.51. The molecule has 4 heteroatoms. The molecular formula is C19H25FN2O. The van der Waals surface area contributed by atoms with E-state index in [-0.39, 0.29) is 11.7 Å². The lowest BCUT2D eigenvalue weighted by Gasteiger charge is -2.43. The van der Waals surface area contributed by atoms with Gasteiger partial charge in [0.25, 0.3) is 0 Å². The van der Waals surface area contributed by atoms with Crippen LogP contribution in [0.4, 0.5) is 4.39 Å². The number of carbonyl (C=O) groups is 1. The third-order valence-corrected chi connectivity index (χ3v) is 6.10. The molecule has 0 spiro atoms. The molecule has 0 aromatic heterocycles. The molecule has 4 rings (SSSR count). The van der Waals surface area contributed by atoms with Crippen molar-refractivity contribution in [3.05, 3.63) is 35.6 Å². The van der Waals surface area contributed by atoms with E-state index in [2.05, 4.69) is 4.90 Å². The van der Waals surface area contributed by atoms with Gasteiger partial charge in [-0.2, -0.15) is 0 Å². The zero-order chi connectivity index (χ0) is 15.9. The van der Waals surface area contributed by atoms with Crippen molar-refractivity contribution in [2.24, 2.45) is 0 Å². The first-order chi connectivity index (χ1) is 11.2. The van der Waals surface area contributed by atoms with E-state index in [0.717, 1.165) is 44.3 Å². The Morgan fingerprint density at radius 3 is 2.57 bits per heavy atom. The molecule has 0 bridgehead atoms. The predicted molar refractivity (Wildman–Crippen MR) is 87.7 cm³/mol. The van der Waals surface area contributed by atoms with E-state index in [4.69, 9.17) is 0 Å². The first-order valence-corrected chi connectivity index (χ1v) is 8.98. The fourth-order valence-electron chi connectivity index (χ4n) is 4.58. The number of likely N-dealkylation sites (tertiary alicyclic amines) is 2. The van der Waals surface area contributed by atoms with Crippen molar-refractivity contribution >= 4 is 5.91 Å². The monoisotopic (exact) mass is 316 g/mol. The Morgan fingerprint density at radius 1 is 1.13 bits per heavy atom. The maximum atomic E-state index is 13.6. The second kappa shape index (κ2) is 5.90. The Bertz CT molecular complexity index is 593. The van der Waals surface area contributed by atoms with Crippen LogP contribution < -0.4 is 0 Å². The quantitative estimate of drug-likeness (QED) is 0.856. The molecule has 1 saturated carbocycles. The van der Waals surface area contributed by atoms with Crippen molar-refractivity contribution in [2.45, 2.75) is 50.0 Å². The van der Waals surface area contributed by atoms with Crippen molar-refractivity contribution in [3.63, 3.8) is 0 Å². The smallest absolute Gasteiger partial charge is 0.233 e. The van der Waals surface area contributed by atoms with Crippen molar-refractivity contribution in [1.82, 2.24) is 9.80 Å². The van der Waals surface area contributed by atoms with Crippen molar-refractivity contribution in [1.29, 1.82) is 0 Å². The third kappa shape index (κ3) is 2.57. The van der Waals surface area contributed by atoms with Crippen LogP contribution >= 0.6 is 0 Å². The van der Waals surface area contributed by atoms with E-state index in [1.54, 1.807) is 12.1 Å². The summed E-state index contributed by atoms with van der Waals surface area (Å²) in [5.41, 5.74) is 0.417. The van der Waals surface area contributed by atoms with E-state index < -0.39 is 5.41 Å². The van der Waals surface area contributed by atoms with Gasteiger partial charge in [-0.15, -0.1) is 0 Å². The topological polar surface area (TPSA) is 23.6 Å². The zero-order valence-electron chi connectivity index (χ0n) is 13.6. The second-order valence-corrected chi connectivity index (χ2v) is 7.38. The van der Waals surface area contributed by atoms with Gasteiger partial charge in [-0.25, -0.2) is 4.39 Å². The average molecular weight is 316 g/mol. The highest BCUT2D eigenvalue weighted by Crippen LogP contribution is 2.46. The molecule has 0 N–H and O–H groups in total. The average Bonchev–Trinajstić information content (AvgIpc) is 3.17. The molecule has 23 heavy (non-hydrogen) atoms. The molecular weight excluding hydrogens is 291 g/mol. The lowest BCUT2D eigenvalue weighted by Crippen LogP contribution is -2.51. The van der Waals surface area contributed by atoms with Crippen LogP contribution in [0.5, 0.6) is 0 Å². The maximum absolute atomic E-state index is 13.6. The third-order valence-electron chi connectivity index (χ3n) is 6.10. The van der Waals surface area contributed by atoms with Gasteiger partial charge >= 0.3 is 0 Å². The SMILES string of the molecule is O=C(N1CCC(N2CCCC2)C1)C1(c2cccc(F)c2)CCC1. The second-order valence-electron chi connectivity index (χ2n) is 7.38. The number of hydrogen-bond donors (Lipinski definition) is 0. The highest BCUT2D eigenvalue weighted by atomic mass is 19.1. The largest absolute Gasteiger partial charge is 0.340 e. The molecule has 3 aliphatic rings. The van der Waals surface area contributed by atoms with Gasteiger partial charge in [0.1, 0.15) is 5.82 Å². The number of hydrogen-bond acceptors (Lipinski definition) is 2. The Hall–Kier alpha value is -1.42. The summed E-state index contributed by atoms with van der Waals surface area (Å²) >= 11 is 0. The van der Waals surface area contributed by atoms with Crippen LogP contribution in [0, 0.1) is 5.82 Å². The number of amides is 1. The molecule has 1 atom stereocenters. The minimum atomic E-state index is -0.456. The van der Waals surface area contributed by atoms with Crippen LogP contribution in [0.1, 0.15) is 44.1 Å². The van der Waals surface area contributed by atoms with Crippen LogP contribution in [0.15, 0.2) is 24.3 Å². The molecule has 3 fully saturated rings. The molecule has 3 nitrogen and oxygen atoms in total. The fourth-order valence-corrected chi connectivity index (χ4v) is 4.58. The summed E-state index contributed by atoms with van der Waals surface area (Å²) in [5.74, 6) is -0.00557. The predicted octanol–water partition coefficient (Wildman–Crippen LogP) is 2.94. The minimum Gasteiger partial charge on any atom is -0.340 e. The van der Waals surface area contributed by atoms with Gasteiger partial charge in [0.05, 0.1) is 5.41 Å². The first-order valence-electron chi connectivity index (χ1n) is 8.98. The number of nitrogens with zero attached hydrogens (tertiary/aromatic N) is 2. The molecule has 1 aliphatic carbocycles. The van der Waals surface area contributed by atoms with Gasteiger partial charge in [0.15, 0.2) is 0 Å². The van der Waals surface area contributed by atoms with Crippen molar-refractivity contribution in [3.8, 4) is 0 Å². The maximum Gasteiger partial charge on any atom is 0.233 e.